The summed E-state index contributed by atoms with van der Waals surface area (Å²) in [6, 6.07) is 10.8. The van der Waals surface area contributed by atoms with Crippen LogP contribution < -0.4 is 4.74 Å². The number of amides is 1. The van der Waals surface area contributed by atoms with Gasteiger partial charge in [-0.15, -0.1) is 0 Å². The quantitative estimate of drug-likeness (QED) is 0.648. The van der Waals surface area contributed by atoms with Crippen LogP contribution in [0.1, 0.15) is 35.0 Å². The smallest absolute Gasteiger partial charge is 0.323 e. The largest absolute Gasteiger partial charge is 0.486 e. The molecule has 0 aliphatic rings. The molecule has 1 amide bonds. The Hall–Kier alpha value is -3.35. The maximum atomic E-state index is 12.8. The van der Waals surface area contributed by atoms with Crippen molar-refractivity contribution in [1.82, 2.24) is 14.3 Å². The van der Waals surface area contributed by atoms with Gasteiger partial charge in [0.25, 0.3) is 5.91 Å². The molecular formula is C21H23N3O4. The van der Waals surface area contributed by atoms with E-state index in [1.807, 2.05) is 42.8 Å². The van der Waals surface area contributed by atoms with Crippen molar-refractivity contribution in [3.05, 3.63) is 65.6 Å². The van der Waals surface area contributed by atoms with E-state index >= 15 is 0 Å². The Morgan fingerprint density at radius 1 is 1.18 bits per heavy atom. The highest BCUT2D eigenvalue weighted by atomic mass is 16.5. The van der Waals surface area contributed by atoms with Crippen LogP contribution in [0.15, 0.2) is 48.8 Å². The van der Waals surface area contributed by atoms with Crippen LogP contribution in [0, 0.1) is 6.92 Å². The third kappa shape index (κ3) is 4.49. The number of carboxylic acids is 1. The van der Waals surface area contributed by atoms with Gasteiger partial charge in [-0.3, -0.25) is 9.59 Å². The molecule has 1 aromatic carbocycles. The number of aromatic nitrogens is 2. The fraction of sp³-hybridized carbons (Fsp3) is 0.286. The molecule has 0 saturated heterocycles. The second-order valence-corrected chi connectivity index (χ2v) is 6.61. The fourth-order valence-corrected chi connectivity index (χ4v) is 3.00. The van der Waals surface area contributed by atoms with Crippen molar-refractivity contribution in [2.75, 3.05) is 13.1 Å². The lowest BCUT2D eigenvalue weighted by Gasteiger charge is -2.21. The molecular weight excluding hydrogens is 358 g/mol. The number of carboxylic acid groups (broad SMARTS) is 1. The molecule has 2 aromatic heterocycles. The summed E-state index contributed by atoms with van der Waals surface area (Å²) in [6.45, 7) is 4.14. The second kappa shape index (κ2) is 8.56. The van der Waals surface area contributed by atoms with Crippen molar-refractivity contribution in [3.8, 4) is 5.75 Å². The molecule has 3 rings (SSSR count). The van der Waals surface area contributed by atoms with Gasteiger partial charge in [0.2, 0.25) is 0 Å². The summed E-state index contributed by atoms with van der Waals surface area (Å²) in [6.07, 6.45) is 4.54. The van der Waals surface area contributed by atoms with Crippen LogP contribution in [0.25, 0.3) is 5.65 Å². The van der Waals surface area contributed by atoms with Crippen LogP contribution in [-0.4, -0.2) is 44.4 Å². The van der Waals surface area contributed by atoms with E-state index in [2.05, 4.69) is 4.98 Å². The number of nitrogens with zero attached hydrogens (tertiary/aromatic N) is 3. The van der Waals surface area contributed by atoms with E-state index in [0.29, 0.717) is 24.3 Å². The van der Waals surface area contributed by atoms with Crippen LogP contribution >= 0.6 is 0 Å². The Morgan fingerprint density at radius 3 is 2.71 bits per heavy atom. The lowest BCUT2D eigenvalue weighted by atomic mass is 10.1. The number of imidazole rings is 1. The number of aryl methyl sites for hydroxylation is 1. The maximum absolute atomic E-state index is 12.8. The van der Waals surface area contributed by atoms with Crippen molar-refractivity contribution in [2.45, 2.75) is 26.9 Å². The molecule has 3 aromatic rings. The number of rotatable bonds is 8. The number of benzene rings is 1. The van der Waals surface area contributed by atoms with E-state index in [1.54, 1.807) is 24.3 Å². The van der Waals surface area contributed by atoms with Crippen molar-refractivity contribution < 1.29 is 19.4 Å². The van der Waals surface area contributed by atoms with Crippen molar-refractivity contribution in [1.29, 1.82) is 0 Å². The highest BCUT2D eigenvalue weighted by Gasteiger charge is 2.21. The molecule has 0 saturated carbocycles. The standard InChI is InChI=1S/C21H23N3O4/c1-3-10-23(13-20(25)26)21(27)17-6-4-5-7-18(17)28-14-16-12-24-11-15(2)8-9-19(24)22-16/h4-9,11-12H,3,10,13-14H2,1-2H3,(H,25,26). The molecule has 28 heavy (non-hydrogen) atoms. The minimum Gasteiger partial charge on any atom is -0.486 e. The van der Waals surface area contributed by atoms with E-state index in [-0.39, 0.29) is 19.1 Å². The molecule has 0 fully saturated rings. The number of carbonyl (C=O) groups excluding carboxylic acids is 1. The molecule has 0 bridgehead atoms. The number of carbonyl (C=O) groups is 2. The molecule has 0 spiro atoms. The van der Waals surface area contributed by atoms with E-state index < -0.39 is 5.97 Å². The van der Waals surface area contributed by atoms with Gasteiger partial charge in [-0.2, -0.15) is 0 Å². The zero-order valence-corrected chi connectivity index (χ0v) is 16.0. The van der Waals surface area contributed by atoms with Crippen LogP contribution in [0.2, 0.25) is 0 Å². The topological polar surface area (TPSA) is 84.1 Å². The Balaban J connectivity index is 1.78. The molecule has 7 nitrogen and oxygen atoms in total. The van der Waals surface area contributed by atoms with Crippen LogP contribution in [-0.2, 0) is 11.4 Å². The summed E-state index contributed by atoms with van der Waals surface area (Å²) in [4.78, 5) is 29.8. The van der Waals surface area contributed by atoms with Gasteiger partial charge in [-0.1, -0.05) is 25.1 Å². The number of hydrogen-bond donors (Lipinski definition) is 1. The van der Waals surface area contributed by atoms with Crippen LogP contribution in [0.5, 0.6) is 5.75 Å². The van der Waals surface area contributed by atoms with E-state index in [4.69, 9.17) is 9.84 Å². The summed E-state index contributed by atoms with van der Waals surface area (Å²) in [5.74, 6) is -0.988. The molecule has 146 valence electrons. The highest BCUT2D eigenvalue weighted by molar-refractivity contribution is 5.98. The summed E-state index contributed by atoms with van der Waals surface area (Å²) in [7, 11) is 0. The van der Waals surface area contributed by atoms with Gasteiger partial charge >= 0.3 is 5.97 Å². The third-order valence-corrected chi connectivity index (χ3v) is 4.25. The molecule has 1 N–H and O–H groups in total. The Morgan fingerprint density at radius 2 is 1.96 bits per heavy atom. The van der Waals surface area contributed by atoms with Crippen molar-refractivity contribution in [2.24, 2.45) is 0 Å². The molecule has 2 heterocycles. The minimum atomic E-state index is -1.04. The van der Waals surface area contributed by atoms with Gasteiger partial charge in [-0.05, 0) is 37.1 Å². The average molecular weight is 381 g/mol. The Bertz CT molecular complexity index is 996. The van der Waals surface area contributed by atoms with E-state index in [1.165, 1.54) is 4.90 Å². The summed E-state index contributed by atoms with van der Waals surface area (Å²) < 4.78 is 7.80. The fourth-order valence-electron chi connectivity index (χ4n) is 3.00. The van der Waals surface area contributed by atoms with Crippen LogP contribution in [0.4, 0.5) is 0 Å². The first-order chi connectivity index (χ1) is 13.5. The predicted octanol–water partition coefficient (Wildman–Crippen LogP) is 3.16. The number of ether oxygens (including phenoxy) is 1. The summed E-state index contributed by atoms with van der Waals surface area (Å²) in [5, 5.41) is 9.08. The minimum absolute atomic E-state index is 0.206. The van der Waals surface area contributed by atoms with Gasteiger partial charge in [0.1, 0.15) is 24.5 Å². The molecule has 7 heteroatoms. The van der Waals surface area contributed by atoms with Gasteiger partial charge in [0, 0.05) is 18.9 Å². The second-order valence-electron chi connectivity index (χ2n) is 6.61. The number of hydrogen-bond acceptors (Lipinski definition) is 4. The first kappa shape index (κ1) is 19.4. The number of pyridine rings is 1. The summed E-state index contributed by atoms with van der Waals surface area (Å²) in [5.41, 5.74) is 3.03. The van der Waals surface area contributed by atoms with Gasteiger partial charge in [0.15, 0.2) is 0 Å². The molecule has 0 atom stereocenters. The van der Waals surface area contributed by atoms with Crippen molar-refractivity contribution in [3.63, 3.8) is 0 Å². The van der Waals surface area contributed by atoms with E-state index in [0.717, 1.165) is 16.9 Å². The molecule has 0 aliphatic carbocycles. The number of aliphatic carboxylic acids is 1. The van der Waals surface area contributed by atoms with Gasteiger partial charge in [0.05, 0.1) is 11.3 Å². The lowest BCUT2D eigenvalue weighted by molar-refractivity contribution is -0.137. The Kier molecular flexibility index (Phi) is 5.93. The normalized spacial score (nSPS) is 10.8. The molecule has 0 aliphatic heterocycles. The average Bonchev–Trinajstić information content (AvgIpc) is 3.07. The zero-order chi connectivity index (χ0) is 20.1. The van der Waals surface area contributed by atoms with Gasteiger partial charge < -0.3 is 19.1 Å². The SMILES string of the molecule is CCCN(CC(=O)O)C(=O)c1ccccc1OCc1cn2cc(C)ccc2n1. The van der Waals surface area contributed by atoms with Gasteiger partial charge in [-0.25, -0.2) is 4.98 Å². The zero-order valence-electron chi connectivity index (χ0n) is 16.0. The number of fused-ring (bicyclic) bond motifs is 1. The Labute approximate surface area is 163 Å². The molecule has 0 unspecified atom stereocenters. The van der Waals surface area contributed by atoms with Crippen LogP contribution in [0.3, 0.4) is 0 Å². The first-order valence-electron chi connectivity index (χ1n) is 9.15. The lowest BCUT2D eigenvalue weighted by Crippen LogP contribution is -2.36. The van der Waals surface area contributed by atoms with E-state index in [9.17, 15) is 9.59 Å². The predicted molar refractivity (Wildman–Crippen MR) is 105 cm³/mol. The molecule has 0 radical (unpaired) electrons. The monoisotopic (exact) mass is 381 g/mol. The third-order valence-electron chi connectivity index (χ3n) is 4.25. The first-order valence-corrected chi connectivity index (χ1v) is 9.15. The number of para-hydroxylation sites is 1. The summed E-state index contributed by atoms with van der Waals surface area (Å²) >= 11 is 0. The highest BCUT2D eigenvalue weighted by Crippen LogP contribution is 2.21. The van der Waals surface area contributed by atoms with Crippen molar-refractivity contribution >= 4 is 17.5 Å². The maximum Gasteiger partial charge on any atom is 0.323 e.